The van der Waals surface area contributed by atoms with Crippen LogP contribution in [-0.4, -0.2) is 123 Å². The number of esters is 1. The topological polar surface area (TPSA) is 165 Å². The Morgan fingerprint density at radius 1 is 0.387 bits per heavy atom. The van der Waals surface area contributed by atoms with E-state index in [0.717, 1.165) is 71.1 Å². The molecule has 4 aliphatic heterocycles. The van der Waals surface area contributed by atoms with Gasteiger partial charge in [0, 0.05) is 57.7 Å². The van der Waals surface area contributed by atoms with Crippen molar-refractivity contribution >= 4 is 83.3 Å². The summed E-state index contributed by atoms with van der Waals surface area (Å²) < 4.78 is 26.8. The predicted molar refractivity (Wildman–Crippen MR) is 458 cm³/mol. The Morgan fingerprint density at radius 3 is 0.982 bits per heavy atom. The highest BCUT2D eigenvalue weighted by atomic mass is 79.9. The molecule has 18 heteroatoms. The first-order valence-corrected chi connectivity index (χ1v) is 43.1. The Kier molecular flexibility index (Phi) is 32.1. The highest BCUT2D eigenvalue weighted by molar-refractivity contribution is 9.08. The molecule has 12 rings (SSSR count). The molecule has 1 N–H and O–H groups in total. The van der Waals surface area contributed by atoms with E-state index >= 15 is 0 Å². The molecule has 0 saturated carbocycles. The average Bonchev–Trinajstić information content (AvgIpc) is 0.805. The highest BCUT2D eigenvalue weighted by Gasteiger charge is 2.32. The van der Waals surface area contributed by atoms with E-state index in [1.165, 1.54) is 90.0 Å². The number of nitrogens with zero attached hydrogens (tertiary/aromatic N) is 4. The lowest BCUT2D eigenvalue weighted by Crippen LogP contribution is -2.40. The molecule has 0 unspecified atom stereocenters. The van der Waals surface area contributed by atoms with Crippen molar-refractivity contribution in [2.45, 2.75) is 217 Å². The van der Waals surface area contributed by atoms with Gasteiger partial charge in [0.15, 0.2) is 0 Å². The summed E-state index contributed by atoms with van der Waals surface area (Å²) in [6, 6.07) is 60.5. The lowest BCUT2D eigenvalue weighted by atomic mass is 9.92. The summed E-state index contributed by atoms with van der Waals surface area (Å²) in [4.78, 5) is 67.5. The maximum absolute atomic E-state index is 12.2. The molecule has 0 spiro atoms. The largest absolute Gasteiger partial charge is 0.462 e. The number of carbonyl (C=O) groups is 5. The third-order valence-corrected chi connectivity index (χ3v) is 25.5. The number of halogens is 1. The van der Waals surface area contributed by atoms with Crippen LogP contribution in [0.1, 0.15) is 190 Å². The molecule has 8 aromatic rings. The molecule has 0 fully saturated rings. The molecule has 4 amide bonds. The fourth-order valence-electron chi connectivity index (χ4n) is 13.9. The van der Waals surface area contributed by atoms with E-state index in [0.29, 0.717) is 57.9 Å². The number of carbonyl (C=O) groups excluding carboxylic acids is 5. The van der Waals surface area contributed by atoms with Gasteiger partial charge in [-0.05, 0) is 296 Å². The van der Waals surface area contributed by atoms with Crippen molar-refractivity contribution in [2.75, 3.05) is 45.1 Å². The van der Waals surface area contributed by atoms with E-state index in [-0.39, 0.29) is 52.8 Å². The average molecular weight is 1610 g/mol. The molecule has 0 radical (unpaired) electrons. The molecular weight excluding hydrogens is 1490 g/mol. The molecule has 0 atom stereocenters. The first-order chi connectivity index (χ1) is 52.5. The minimum absolute atomic E-state index is 0.0644. The molecular formula is C93H119BrN4O11P2. The molecule has 15 nitrogen and oxygen atoms in total. The monoisotopic (exact) mass is 1610 g/mol. The molecule has 4 heterocycles. The summed E-state index contributed by atoms with van der Waals surface area (Å²) in [5.74, 6) is -0.289. The van der Waals surface area contributed by atoms with Crippen LogP contribution in [0.3, 0.4) is 0 Å². The number of amides is 4. The molecule has 0 saturated heterocycles. The Bertz CT molecular complexity index is 4160. The van der Waals surface area contributed by atoms with E-state index in [1.807, 2.05) is 115 Å². The predicted octanol–water partition coefficient (Wildman–Crippen LogP) is 19.7. The third-order valence-electron chi connectivity index (χ3n) is 19.7. The second kappa shape index (κ2) is 40.4. The van der Waals surface area contributed by atoms with Crippen LogP contribution in [0.15, 0.2) is 170 Å². The van der Waals surface area contributed by atoms with Crippen molar-refractivity contribution in [2.24, 2.45) is 0 Å². The first-order valence-electron chi connectivity index (χ1n) is 39.0. The van der Waals surface area contributed by atoms with Crippen molar-refractivity contribution in [1.29, 1.82) is 0 Å². The van der Waals surface area contributed by atoms with Crippen molar-refractivity contribution in [3.05, 3.63) is 259 Å². The number of aliphatic hydroxyl groups is 1. The van der Waals surface area contributed by atoms with Gasteiger partial charge in [-0.3, -0.25) is 0 Å². The zero-order chi connectivity index (χ0) is 81.0. The van der Waals surface area contributed by atoms with Gasteiger partial charge < -0.3 is 48.4 Å². The second-order valence-corrected chi connectivity index (χ2v) is 37.8. The summed E-state index contributed by atoms with van der Waals surface area (Å²) >= 11 is 3.52. The molecule has 0 aromatic heterocycles. The van der Waals surface area contributed by atoms with Crippen LogP contribution in [0.2, 0.25) is 0 Å². The summed E-state index contributed by atoms with van der Waals surface area (Å²) in [5.41, 5.74) is 17.1. The summed E-state index contributed by atoms with van der Waals surface area (Å²) in [6.07, 6.45) is 6.09. The van der Waals surface area contributed by atoms with Crippen LogP contribution in [0.25, 0.3) is 0 Å². The first kappa shape index (κ1) is 88.2. The number of hydrogen-bond donors (Lipinski definition) is 1. The number of ether oxygens (including phenoxy) is 5. The van der Waals surface area contributed by atoms with Gasteiger partial charge in [-0.2, -0.15) is 0 Å². The van der Waals surface area contributed by atoms with Crippen LogP contribution in [0.5, 0.6) is 0 Å². The zero-order valence-corrected chi connectivity index (χ0v) is 72.4. The van der Waals surface area contributed by atoms with Gasteiger partial charge >= 0.3 is 30.3 Å². The SMILES string of the molecule is CCOC(=O)c1ccc2c(c1C)CCN(C(=O)OC(C)(C)C)C2.Cc1c(CBr)ccc2c1CCN(C(=O)OC(C)(C)C)C2.Cc1c(CO)ccc2c1CCN(C(=O)OC(C)(C)C)C2.Cc1ccc2c(c1C)CCN(C(=O)OC(C)(C)C)C2.c1ccc(P(CCCP(c2ccccc2)c2ccccc2)c2ccccc2)cc1. The van der Waals surface area contributed by atoms with Crippen LogP contribution in [0.4, 0.5) is 19.2 Å². The van der Waals surface area contributed by atoms with Crippen LogP contribution in [0, 0.1) is 34.6 Å². The Labute approximate surface area is 672 Å². The van der Waals surface area contributed by atoms with E-state index < -0.39 is 22.4 Å². The van der Waals surface area contributed by atoms with Gasteiger partial charge in [0.1, 0.15) is 22.4 Å². The number of aliphatic hydroxyl groups excluding tert-OH is 1. The van der Waals surface area contributed by atoms with Gasteiger partial charge in [0.25, 0.3) is 0 Å². The summed E-state index contributed by atoms with van der Waals surface area (Å²) in [5, 5.41) is 16.1. The van der Waals surface area contributed by atoms with Crippen molar-refractivity contribution < 1.29 is 52.8 Å². The number of fused-ring (bicyclic) bond motifs is 4. The lowest BCUT2D eigenvalue weighted by molar-refractivity contribution is 0.0213. The van der Waals surface area contributed by atoms with Gasteiger partial charge in [-0.15, -0.1) is 0 Å². The third kappa shape index (κ3) is 26.1. The fourth-order valence-corrected chi connectivity index (χ4v) is 19.4. The number of alkyl halides is 1. The molecule has 4 aliphatic rings. The summed E-state index contributed by atoms with van der Waals surface area (Å²) in [6.45, 7) is 40.4. The smallest absolute Gasteiger partial charge is 0.410 e. The van der Waals surface area contributed by atoms with Crippen LogP contribution >= 0.6 is 31.8 Å². The second-order valence-electron chi connectivity index (χ2n) is 32.6. The normalized spacial score (nSPS) is 13.8. The molecule has 111 heavy (non-hydrogen) atoms. The summed E-state index contributed by atoms with van der Waals surface area (Å²) in [7, 11) is -0.618. The van der Waals surface area contributed by atoms with Gasteiger partial charge in [0.2, 0.25) is 0 Å². The number of rotatable bonds is 12. The molecule has 594 valence electrons. The maximum atomic E-state index is 12.2. The van der Waals surface area contributed by atoms with E-state index in [4.69, 9.17) is 23.7 Å². The van der Waals surface area contributed by atoms with Gasteiger partial charge in [-0.25, -0.2) is 24.0 Å². The number of aryl methyl sites for hydroxylation is 1. The molecule has 8 aromatic carbocycles. The van der Waals surface area contributed by atoms with Crippen molar-refractivity contribution in [1.82, 2.24) is 19.6 Å². The van der Waals surface area contributed by atoms with Crippen molar-refractivity contribution in [3.8, 4) is 0 Å². The Hall–Kier alpha value is -8.39. The van der Waals surface area contributed by atoms with E-state index in [9.17, 15) is 29.1 Å². The minimum atomic E-state index is -0.499. The van der Waals surface area contributed by atoms with E-state index in [1.54, 1.807) is 32.6 Å². The van der Waals surface area contributed by atoms with Gasteiger partial charge in [-0.1, -0.05) is 180 Å². The Balaban J connectivity index is 0.000000176. The van der Waals surface area contributed by atoms with Crippen molar-refractivity contribution in [3.63, 3.8) is 0 Å². The lowest BCUT2D eigenvalue weighted by Gasteiger charge is -2.32. The number of benzene rings is 8. The van der Waals surface area contributed by atoms with Gasteiger partial charge in [0.05, 0.1) is 18.8 Å². The molecule has 0 aliphatic carbocycles. The highest BCUT2D eigenvalue weighted by Crippen LogP contribution is 2.40. The quantitative estimate of drug-likeness (QED) is 0.0536. The van der Waals surface area contributed by atoms with Crippen LogP contribution in [-0.2, 0) is 87.5 Å². The maximum Gasteiger partial charge on any atom is 0.410 e. The van der Waals surface area contributed by atoms with Crippen LogP contribution < -0.4 is 21.2 Å². The standard InChI is InChI=1S/C27H26P2.C18H25NO4.C16H22BrNO2.C16H23NO3.C16H23NO2/c1-5-14-24(15-6-1)28(25-16-7-2-8-17-25)22-13-23-29(26-18-9-3-10-19-26)27-20-11-4-12-21-27;1-6-22-16(20)15-8-7-13-11-19(10-9-14(13)12(15)2)17(21)23-18(3,4)5;1-11-12(9-17)5-6-13-10-18(8-7-14(11)13)15(19)20-16(2,3)4;1-11-13(10-18)6-5-12-9-17(8-7-14(11)12)15(19)20-16(2,3)4;1-11-6-7-13-10-17(9-8-14(13)12(11)2)15(18)19-16(3,4)5/h1-12,14-21H,13,22-23H2;7-8H,6,9-11H2,1-5H3;5-6H,7-10H2,1-4H3;5-6,18H,7-10H2,1-4H3;6-7H,8-10H2,1-5H3. The minimum Gasteiger partial charge on any atom is -0.462 e. The Morgan fingerprint density at radius 2 is 0.676 bits per heavy atom. The zero-order valence-electron chi connectivity index (χ0n) is 69.0. The number of hydrogen-bond acceptors (Lipinski definition) is 11. The fraction of sp³-hybridized carbons (Fsp3) is 0.430. The van der Waals surface area contributed by atoms with E-state index in [2.05, 4.69) is 182 Å². The molecule has 0 bridgehead atoms.